The van der Waals surface area contributed by atoms with Crippen LogP contribution in [0.3, 0.4) is 0 Å². The minimum atomic E-state index is 0.913. The second-order valence-electron chi connectivity index (χ2n) is 5.14. The minimum Gasteiger partial charge on any atom is -0.313 e. The van der Waals surface area contributed by atoms with Crippen molar-refractivity contribution in [3.63, 3.8) is 0 Å². The number of hydrogen-bond acceptors (Lipinski definition) is 2. The highest BCUT2D eigenvalue weighted by Crippen LogP contribution is 2.21. The Hall–Kier alpha value is -1.13. The van der Waals surface area contributed by atoms with Crippen LogP contribution in [0.5, 0.6) is 0 Å². The Labute approximate surface area is 135 Å². The molecule has 2 aromatic rings. The van der Waals surface area contributed by atoms with Gasteiger partial charge in [0.05, 0.1) is 11.4 Å². The van der Waals surface area contributed by atoms with Crippen molar-refractivity contribution in [3.05, 3.63) is 45.7 Å². The van der Waals surface area contributed by atoms with Crippen molar-refractivity contribution in [1.29, 1.82) is 0 Å². The molecule has 1 N–H and O–H groups in total. The summed E-state index contributed by atoms with van der Waals surface area (Å²) in [5.41, 5.74) is 5.03. The van der Waals surface area contributed by atoms with Crippen LogP contribution in [0.15, 0.2) is 28.7 Å². The van der Waals surface area contributed by atoms with Crippen LogP contribution in [0, 0.1) is 0 Å². The van der Waals surface area contributed by atoms with Gasteiger partial charge in [-0.3, -0.25) is 0 Å². The summed E-state index contributed by atoms with van der Waals surface area (Å²) in [5, 5.41) is 8.35. The van der Waals surface area contributed by atoms with Gasteiger partial charge < -0.3 is 5.32 Å². The molecule has 0 radical (unpaired) electrons. The van der Waals surface area contributed by atoms with E-state index >= 15 is 0 Å². The van der Waals surface area contributed by atoms with E-state index in [-0.39, 0.29) is 0 Å². The van der Waals surface area contributed by atoms with E-state index in [0.29, 0.717) is 0 Å². The monoisotopic (exact) mass is 349 g/mol. The van der Waals surface area contributed by atoms with Crippen molar-refractivity contribution in [2.75, 3.05) is 6.54 Å². The summed E-state index contributed by atoms with van der Waals surface area (Å²) in [6.45, 7) is 8.54. The highest BCUT2D eigenvalue weighted by atomic mass is 79.9. The molecule has 0 aliphatic heterocycles. The second-order valence-corrected chi connectivity index (χ2v) is 6.06. The lowest BCUT2D eigenvalue weighted by atomic mass is 10.1. The molecular weight excluding hydrogens is 326 g/mol. The highest BCUT2D eigenvalue weighted by molar-refractivity contribution is 9.10. The fraction of sp³-hybridized carbons (Fsp3) is 0.471. The lowest BCUT2D eigenvalue weighted by molar-refractivity contribution is 0.666. The summed E-state index contributed by atoms with van der Waals surface area (Å²) < 4.78 is 3.20. The molecule has 4 heteroatoms. The van der Waals surface area contributed by atoms with Crippen molar-refractivity contribution in [2.24, 2.45) is 0 Å². The van der Waals surface area contributed by atoms with Crippen LogP contribution in [0.1, 0.15) is 44.1 Å². The third-order valence-electron chi connectivity index (χ3n) is 3.64. The van der Waals surface area contributed by atoms with Gasteiger partial charge in [-0.15, -0.1) is 0 Å². The van der Waals surface area contributed by atoms with Crippen molar-refractivity contribution in [3.8, 4) is 5.69 Å². The molecule has 0 bridgehead atoms. The van der Waals surface area contributed by atoms with E-state index in [2.05, 4.69) is 71.0 Å². The molecule has 0 unspecified atom stereocenters. The van der Waals surface area contributed by atoms with E-state index in [1.807, 2.05) is 0 Å². The van der Waals surface area contributed by atoms with E-state index in [0.717, 1.165) is 42.5 Å². The van der Waals surface area contributed by atoms with Crippen LogP contribution in [-0.4, -0.2) is 16.3 Å². The quantitative estimate of drug-likeness (QED) is 0.756. The van der Waals surface area contributed by atoms with E-state index in [1.54, 1.807) is 0 Å². The summed E-state index contributed by atoms with van der Waals surface area (Å²) >= 11 is 3.49. The highest BCUT2D eigenvalue weighted by Gasteiger charge is 2.16. The Morgan fingerprint density at radius 3 is 2.38 bits per heavy atom. The van der Waals surface area contributed by atoms with Gasteiger partial charge >= 0.3 is 0 Å². The first-order valence-corrected chi connectivity index (χ1v) is 8.56. The van der Waals surface area contributed by atoms with E-state index in [9.17, 15) is 0 Å². The van der Waals surface area contributed by atoms with E-state index < -0.39 is 0 Å². The summed E-state index contributed by atoms with van der Waals surface area (Å²) in [6, 6.07) is 8.35. The standard InChI is InChI=1S/C17H24BrN3/c1-4-11-19-12-15-16(5-2)20-21(17(15)6-3)14-9-7-13(18)8-10-14/h7-10,19H,4-6,11-12H2,1-3H3. The minimum absolute atomic E-state index is 0.913. The maximum absolute atomic E-state index is 4.84. The van der Waals surface area contributed by atoms with Gasteiger partial charge in [0.2, 0.25) is 0 Å². The van der Waals surface area contributed by atoms with Gasteiger partial charge in [0.15, 0.2) is 0 Å². The molecule has 0 aliphatic rings. The van der Waals surface area contributed by atoms with Crippen LogP contribution in [0.2, 0.25) is 0 Å². The molecule has 1 heterocycles. The summed E-state index contributed by atoms with van der Waals surface area (Å²) in [6.07, 6.45) is 3.12. The Balaban J connectivity index is 2.39. The molecule has 0 aliphatic carbocycles. The van der Waals surface area contributed by atoms with Gasteiger partial charge in [-0.2, -0.15) is 5.10 Å². The Morgan fingerprint density at radius 1 is 1.10 bits per heavy atom. The topological polar surface area (TPSA) is 29.9 Å². The first kappa shape index (κ1) is 16.2. The van der Waals surface area contributed by atoms with Crippen LogP contribution in [-0.2, 0) is 19.4 Å². The van der Waals surface area contributed by atoms with E-state index in [1.165, 1.54) is 17.0 Å². The van der Waals surface area contributed by atoms with Crippen molar-refractivity contribution in [2.45, 2.75) is 46.6 Å². The number of halogens is 1. The number of nitrogens with zero attached hydrogens (tertiary/aromatic N) is 2. The smallest absolute Gasteiger partial charge is 0.0674 e. The third kappa shape index (κ3) is 3.74. The molecule has 1 aromatic carbocycles. The summed E-state index contributed by atoms with van der Waals surface area (Å²) in [7, 11) is 0. The third-order valence-corrected chi connectivity index (χ3v) is 4.17. The average molecular weight is 350 g/mol. The van der Waals surface area contributed by atoms with Gasteiger partial charge in [-0.25, -0.2) is 4.68 Å². The van der Waals surface area contributed by atoms with Crippen LogP contribution in [0.4, 0.5) is 0 Å². The fourth-order valence-corrected chi connectivity index (χ4v) is 2.84. The first-order valence-electron chi connectivity index (χ1n) is 7.77. The van der Waals surface area contributed by atoms with Gasteiger partial charge in [0, 0.05) is 22.3 Å². The summed E-state index contributed by atoms with van der Waals surface area (Å²) in [5.74, 6) is 0. The maximum Gasteiger partial charge on any atom is 0.0674 e. The molecule has 0 fully saturated rings. The number of rotatable bonds is 7. The zero-order chi connectivity index (χ0) is 15.2. The number of aromatic nitrogens is 2. The molecule has 0 saturated carbocycles. The van der Waals surface area contributed by atoms with Crippen LogP contribution < -0.4 is 5.32 Å². The SMILES string of the molecule is CCCNCc1c(CC)nn(-c2ccc(Br)cc2)c1CC. The van der Waals surface area contributed by atoms with Gasteiger partial charge in [0.1, 0.15) is 0 Å². The second kappa shape index (κ2) is 7.76. The first-order chi connectivity index (χ1) is 10.2. The van der Waals surface area contributed by atoms with Crippen molar-refractivity contribution >= 4 is 15.9 Å². The molecule has 21 heavy (non-hydrogen) atoms. The van der Waals surface area contributed by atoms with Gasteiger partial charge in [-0.05, 0) is 50.1 Å². The molecule has 0 saturated heterocycles. The molecular formula is C17H24BrN3. The number of aryl methyl sites for hydroxylation is 1. The molecule has 3 nitrogen and oxygen atoms in total. The van der Waals surface area contributed by atoms with Crippen molar-refractivity contribution < 1.29 is 0 Å². The molecule has 2 rings (SSSR count). The average Bonchev–Trinajstić information content (AvgIpc) is 2.86. The lowest BCUT2D eigenvalue weighted by Crippen LogP contribution is -2.16. The molecule has 114 valence electrons. The normalized spacial score (nSPS) is 11.0. The predicted molar refractivity (Wildman–Crippen MR) is 92.0 cm³/mol. The lowest BCUT2D eigenvalue weighted by Gasteiger charge is -2.09. The number of benzene rings is 1. The fourth-order valence-electron chi connectivity index (χ4n) is 2.57. The maximum atomic E-state index is 4.84. The Morgan fingerprint density at radius 2 is 1.81 bits per heavy atom. The predicted octanol–water partition coefficient (Wildman–Crippen LogP) is 4.26. The van der Waals surface area contributed by atoms with Crippen LogP contribution in [0.25, 0.3) is 5.69 Å². The van der Waals surface area contributed by atoms with Gasteiger partial charge in [0.25, 0.3) is 0 Å². The van der Waals surface area contributed by atoms with Gasteiger partial charge in [-0.1, -0.05) is 36.7 Å². The van der Waals surface area contributed by atoms with Crippen molar-refractivity contribution in [1.82, 2.24) is 15.1 Å². The number of hydrogen-bond donors (Lipinski definition) is 1. The molecule has 1 aromatic heterocycles. The molecule has 0 spiro atoms. The van der Waals surface area contributed by atoms with E-state index in [4.69, 9.17) is 5.10 Å². The summed E-state index contributed by atoms with van der Waals surface area (Å²) in [4.78, 5) is 0. The molecule has 0 atom stereocenters. The van der Waals surface area contributed by atoms with Crippen LogP contribution >= 0.6 is 15.9 Å². The largest absolute Gasteiger partial charge is 0.313 e. The molecule has 0 amide bonds. The zero-order valence-corrected chi connectivity index (χ0v) is 14.7. The number of nitrogens with one attached hydrogen (secondary N) is 1. The Kier molecular flexibility index (Phi) is 6.00. The zero-order valence-electron chi connectivity index (χ0n) is 13.1. The Bertz CT molecular complexity index is 572.